The SMILES string of the molecule is O=C(Nc1cc(C2CC3=C(CCNC3=O)N2)ccn1)C(=O)c1ccccc1. The smallest absolute Gasteiger partial charge is 0.297 e. The van der Waals surface area contributed by atoms with E-state index in [2.05, 4.69) is 20.9 Å². The van der Waals surface area contributed by atoms with Gasteiger partial charge in [0.15, 0.2) is 0 Å². The van der Waals surface area contributed by atoms with Gasteiger partial charge in [0.1, 0.15) is 5.82 Å². The minimum atomic E-state index is -0.734. The second kappa shape index (κ2) is 7.03. The van der Waals surface area contributed by atoms with Crippen molar-refractivity contribution in [2.75, 3.05) is 11.9 Å². The summed E-state index contributed by atoms with van der Waals surface area (Å²) in [6.07, 6.45) is 2.95. The van der Waals surface area contributed by atoms with Crippen molar-refractivity contribution < 1.29 is 14.4 Å². The monoisotopic (exact) mass is 362 g/mol. The summed E-state index contributed by atoms with van der Waals surface area (Å²) in [4.78, 5) is 40.5. The van der Waals surface area contributed by atoms with Crippen LogP contribution in [0.1, 0.15) is 34.8 Å². The number of carbonyl (C=O) groups is 3. The van der Waals surface area contributed by atoms with Crippen LogP contribution in [0.5, 0.6) is 0 Å². The number of anilines is 1. The molecule has 0 saturated carbocycles. The topological polar surface area (TPSA) is 100 Å². The summed E-state index contributed by atoms with van der Waals surface area (Å²) in [6.45, 7) is 0.636. The maximum absolute atomic E-state index is 12.2. The van der Waals surface area contributed by atoms with Gasteiger partial charge in [0.25, 0.3) is 11.7 Å². The molecular formula is C20H18N4O3. The number of Topliss-reactive ketones (excluding diaryl/α,β-unsaturated/α-hetero) is 1. The molecule has 2 amide bonds. The average Bonchev–Trinajstić information content (AvgIpc) is 3.14. The van der Waals surface area contributed by atoms with Crippen molar-refractivity contribution in [3.63, 3.8) is 0 Å². The summed E-state index contributed by atoms with van der Waals surface area (Å²) < 4.78 is 0. The van der Waals surface area contributed by atoms with Crippen LogP contribution in [0.3, 0.4) is 0 Å². The fraction of sp³-hybridized carbons (Fsp3) is 0.200. The molecule has 7 heteroatoms. The first-order valence-corrected chi connectivity index (χ1v) is 8.75. The molecule has 1 unspecified atom stereocenters. The second-order valence-electron chi connectivity index (χ2n) is 6.49. The highest BCUT2D eigenvalue weighted by molar-refractivity contribution is 6.46. The Morgan fingerprint density at radius 1 is 1.15 bits per heavy atom. The van der Waals surface area contributed by atoms with Gasteiger partial charge in [0.05, 0.1) is 6.04 Å². The predicted octanol–water partition coefficient (Wildman–Crippen LogP) is 1.71. The molecule has 4 rings (SSSR count). The molecule has 1 aromatic heterocycles. The highest BCUT2D eigenvalue weighted by Gasteiger charge is 2.31. The van der Waals surface area contributed by atoms with E-state index in [9.17, 15) is 14.4 Å². The fourth-order valence-electron chi connectivity index (χ4n) is 3.36. The standard InChI is InChI=1S/C20H18N4O3/c25-18(12-4-2-1-3-5-12)20(27)24-17-10-13(6-8-21-17)16-11-14-15(23-16)7-9-22-19(14)26/h1-6,8,10,16,23H,7,9,11H2,(H,22,26)(H,21,24,27). The number of carbonyl (C=O) groups excluding carboxylic acids is 3. The van der Waals surface area contributed by atoms with Crippen LogP contribution in [0, 0.1) is 0 Å². The number of benzene rings is 1. The number of hydrogen-bond donors (Lipinski definition) is 3. The zero-order valence-electron chi connectivity index (χ0n) is 14.5. The number of hydrogen-bond acceptors (Lipinski definition) is 5. The Morgan fingerprint density at radius 2 is 1.96 bits per heavy atom. The molecule has 0 radical (unpaired) electrons. The molecule has 3 heterocycles. The van der Waals surface area contributed by atoms with Gasteiger partial charge in [-0.15, -0.1) is 0 Å². The van der Waals surface area contributed by atoms with Crippen LogP contribution >= 0.6 is 0 Å². The van der Waals surface area contributed by atoms with Crippen LogP contribution in [-0.2, 0) is 9.59 Å². The molecule has 0 aliphatic carbocycles. The Labute approximate surface area is 155 Å². The molecule has 0 bridgehead atoms. The number of nitrogens with zero attached hydrogens (tertiary/aromatic N) is 1. The minimum Gasteiger partial charge on any atom is -0.381 e. The number of nitrogens with one attached hydrogen (secondary N) is 3. The summed E-state index contributed by atoms with van der Waals surface area (Å²) in [5.41, 5.74) is 2.99. The van der Waals surface area contributed by atoms with E-state index in [0.29, 0.717) is 24.3 Å². The van der Waals surface area contributed by atoms with Crippen LogP contribution in [-0.4, -0.2) is 29.1 Å². The molecule has 3 N–H and O–H groups in total. The minimum absolute atomic E-state index is 0.0257. The molecule has 7 nitrogen and oxygen atoms in total. The highest BCUT2D eigenvalue weighted by Crippen LogP contribution is 2.33. The summed E-state index contributed by atoms with van der Waals surface area (Å²) in [7, 11) is 0. The number of ketones is 1. The van der Waals surface area contributed by atoms with E-state index in [4.69, 9.17) is 0 Å². The molecule has 136 valence electrons. The lowest BCUT2D eigenvalue weighted by molar-refractivity contribution is -0.118. The molecule has 2 aliphatic rings. The number of rotatable bonds is 4. The Morgan fingerprint density at radius 3 is 2.74 bits per heavy atom. The second-order valence-corrected chi connectivity index (χ2v) is 6.49. The van der Waals surface area contributed by atoms with E-state index in [0.717, 1.165) is 23.3 Å². The van der Waals surface area contributed by atoms with Gasteiger partial charge in [-0.3, -0.25) is 14.4 Å². The molecule has 0 fully saturated rings. The summed E-state index contributed by atoms with van der Waals surface area (Å²) in [5.74, 6) is -1.07. The molecule has 0 saturated heterocycles. The fourth-order valence-corrected chi connectivity index (χ4v) is 3.36. The Hall–Kier alpha value is -3.48. The zero-order chi connectivity index (χ0) is 18.8. The van der Waals surface area contributed by atoms with Crippen LogP contribution in [0.25, 0.3) is 0 Å². The van der Waals surface area contributed by atoms with E-state index >= 15 is 0 Å². The molecule has 0 spiro atoms. The summed E-state index contributed by atoms with van der Waals surface area (Å²) >= 11 is 0. The number of pyridine rings is 1. The van der Waals surface area contributed by atoms with Crippen molar-refractivity contribution in [3.8, 4) is 0 Å². The largest absolute Gasteiger partial charge is 0.381 e. The third-order valence-electron chi connectivity index (χ3n) is 4.73. The third-order valence-corrected chi connectivity index (χ3v) is 4.73. The summed E-state index contributed by atoms with van der Waals surface area (Å²) in [5, 5.41) is 8.78. The first-order chi connectivity index (χ1) is 13.1. The normalized spacial score (nSPS) is 18.4. The molecule has 2 aliphatic heterocycles. The van der Waals surface area contributed by atoms with Gasteiger partial charge in [-0.2, -0.15) is 0 Å². The van der Waals surface area contributed by atoms with Gasteiger partial charge in [-0.05, 0) is 17.7 Å². The molecule has 1 aromatic carbocycles. The van der Waals surface area contributed by atoms with Crippen molar-refractivity contribution in [1.82, 2.24) is 15.6 Å². The van der Waals surface area contributed by atoms with E-state index in [1.807, 2.05) is 6.07 Å². The molecule has 2 aromatic rings. The van der Waals surface area contributed by atoms with Crippen molar-refractivity contribution in [2.45, 2.75) is 18.9 Å². The van der Waals surface area contributed by atoms with Gasteiger partial charge in [-0.1, -0.05) is 30.3 Å². The lowest BCUT2D eigenvalue weighted by atomic mass is 10.0. The van der Waals surface area contributed by atoms with E-state index in [-0.39, 0.29) is 11.9 Å². The Balaban J connectivity index is 1.46. The van der Waals surface area contributed by atoms with Crippen molar-refractivity contribution >= 4 is 23.4 Å². The van der Waals surface area contributed by atoms with Crippen molar-refractivity contribution in [1.29, 1.82) is 0 Å². The molecule has 27 heavy (non-hydrogen) atoms. The maximum atomic E-state index is 12.2. The van der Waals surface area contributed by atoms with Crippen LogP contribution in [0.4, 0.5) is 5.82 Å². The van der Waals surface area contributed by atoms with Gasteiger partial charge in [0, 0.05) is 42.4 Å². The Bertz CT molecular complexity index is 953. The lowest BCUT2D eigenvalue weighted by Crippen LogP contribution is -2.31. The van der Waals surface area contributed by atoms with Crippen LogP contribution in [0.2, 0.25) is 0 Å². The predicted molar refractivity (Wildman–Crippen MR) is 98.8 cm³/mol. The maximum Gasteiger partial charge on any atom is 0.297 e. The van der Waals surface area contributed by atoms with Crippen LogP contribution in [0.15, 0.2) is 59.9 Å². The van der Waals surface area contributed by atoms with Gasteiger partial charge >= 0.3 is 0 Å². The first kappa shape index (κ1) is 17.0. The van der Waals surface area contributed by atoms with Crippen molar-refractivity contribution in [2.24, 2.45) is 0 Å². The van der Waals surface area contributed by atoms with E-state index in [1.165, 1.54) is 0 Å². The third kappa shape index (κ3) is 3.44. The van der Waals surface area contributed by atoms with Crippen LogP contribution < -0.4 is 16.0 Å². The lowest BCUT2D eigenvalue weighted by Gasteiger charge is -2.15. The Kier molecular flexibility index (Phi) is 4.42. The highest BCUT2D eigenvalue weighted by atomic mass is 16.2. The first-order valence-electron chi connectivity index (χ1n) is 8.75. The molecular weight excluding hydrogens is 344 g/mol. The van der Waals surface area contributed by atoms with Crippen molar-refractivity contribution in [3.05, 3.63) is 71.1 Å². The quantitative estimate of drug-likeness (QED) is 0.568. The van der Waals surface area contributed by atoms with E-state index in [1.54, 1.807) is 42.6 Å². The number of aromatic nitrogens is 1. The molecule has 1 atom stereocenters. The number of amides is 2. The van der Waals surface area contributed by atoms with E-state index < -0.39 is 11.7 Å². The van der Waals surface area contributed by atoms with Gasteiger partial charge in [0.2, 0.25) is 5.91 Å². The van der Waals surface area contributed by atoms with Gasteiger partial charge in [-0.25, -0.2) is 4.98 Å². The zero-order valence-corrected chi connectivity index (χ0v) is 14.5. The van der Waals surface area contributed by atoms with Gasteiger partial charge < -0.3 is 16.0 Å². The average molecular weight is 362 g/mol. The summed E-state index contributed by atoms with van der Waals surface area (Å²) in [6, 6.07) is 11.9.